The van der Waals surface area contributed by atoms with E-state index in [4.69, 9.17) is 0 Å². The first kappa shape index (κ1) is 11.1. The van der Waals surface area contributed by atoms with Gasteiger partial charge in [0.25, 0.3) is 0 Å². The Bertz CT molecular complexity index is 554. The zero-order valence-corrected chi connectivity index (χ0v) is 10.7. The van der Waals surface area contributed by atoms with E-state index in [1.807, 2.05) is 53.2 Å². The van der Waals surface area contributed by atoms with E-state index in [1.54, 1.807) is 0 Å². The molecule has 0 unspecified atom stereocenters. The predicted molar refractivity (Wildman–Crippen MR) is 60.6 cm³/mol. The lowest BCUT2D eigenvalue weighted by molar-refractivity contribution is -0.00000302. The Morgan fingerprint density at radius 1 is 0.875 bits per heavy atom. The maximum atomic E-state index is 4.55. The molecule has 0 radical (unpaired) electrons. The highest BCUT2D eigenvalue weighted by Gasteiger charge is 2.01. The van der Waals surface area contributed by atoms with E-state index >= 15 is 0 Å². The van der Waals surface area contributed by atoms with E-state index in [0.29, 0.717) is 0 Å². The second kappa shape index (κ2) is 4.65. The molecule has 3 rings (SSSR count). The highest BCUT2D eigenvalue weighted by atomic mass is 127. The Labute approximate surface area is 111 Å². The minimum absolute atomic E-state index is 0. The molecule has 2 heterocycles. The monoisotopic (exact) mass is 321 g/mol. The topological polar surface area (TPSA) is 17.3 Å². The quantitative estimate of drug-likeness (QED) is 0.577. The van der Waals surface area contributed by atoms with Crippen LogP contribution in [0.15, 0.2) is 60.9 Å². The molecule has 0 aliphatic rings. The third-order valence-corrected chi connectivity index (χ3v) is 2.43. The number of imidazole rings is 1. The van der Waals surface area contributed by atoms with Gasteiger partial charge in [-0.3, -0.25) is 0 Å². The van der Waals surface area contributed by atoms with Crippen molar-refractivity contribution in [3.05, 3.63) is 60.9 Å². The van der Waals surface area contributed by atoms with E-state index in [9.17, 15) is 0 Å². The number of benzene rings is 1. The van der Waals surface area contributed by atoms with Crippen LogP contribution in [0.3, 0.4) is 0 Å². The fourth-order valence-electron chi connectivity index (χ4n) is 1.68. The van der Waals surface area contributed by atoms with Crippen LogP contribution in [0.4, 0.5) is 0 Å². The van der Waals surface area contributed by atoms with Crippen molar-refractivity contribution < 1.29 is 24.0 Å². The summed E-state index contributed by atoms with van der Waals surface area (Å²) in [4.78, 5) is 4.55. The molecule has 0 fully saturated rings. The first-order valence-electron chi connectivity index (χ1n) is 4.93. The SMILES string of the molecule is [I-].c1ccc(-c2cn3ccccc3n2)cc1. The molecule has 0 bridgehead atoms. The van der Waals surface area contributed by atoms with Gasteiger partial charge in [-0.05, 0) is 12.1 Å². The molecule has 3 heteroatoms. The summed E-state index contributed by atoms with van der Waals surface area (Å²) in [5.41, 5.74) is 3.15. The molecule has 0 spiro atoms. The van der Waals surface area contributed by atoms with Gasteiger partial charge in [0.1, 0.15) is 5.65 Å². The average Bonchev–Trinajstić information content (AvgIpc) is 2.74. The van der Waals surface area contributed by atoms with Gasteiger partial charge >= 0.3 is 0 Å². The highest BCUT2D eigenvalue weighted by Crippen LogP contribution is 2.17. The van der Waals surface area contributed by atoms with Gasteiger partial charge < -0.3 is 28.4 Å². The minimum atomic E-state index is 0. The maximum Gasteiger partial charge on any atom is 0.137 e. The summed E-state index contributed by atoms with van der Waals surface area (Å²) >= 11 is 0. The van der Waals surface area contributed by atoms with Crippen molar-refractivity contribution in [1.82, 2.24) is 9.38 Å². The summed E-state index contributed by atoms with van der Waals surface area (Å²) in [6.45, 7) is 0. The van der Waals surface area contributed by atoms with Gasteiger partial charge in [0.2, 0.25) is 0 Å². The summed E-state index contributed by atoms with van der Waals surface area (Å²) in [7, 11) is 0. The second-order valence-corrected chi connectivity index (χ2v) is 3.46. The summed E-state index contributed by atoms with van der Waals surface area (Å²) in [6, 6.07) is 16.2. The molecule has 16 heavy (non-hydrogen) atoms. The van der Waals surface area contributed by atoms with Gasteiger partial charge in [-0.15, -0.1) is 0 Å². The van der Waals surface area contributed by atoms with Crippen molar-refractivity contribution in [3.63, 3.8) is 0 Å². The predicted octanol–water partition coefficient (Wildman–Crippen LogP) is 0.00530. The zero-order chi connectivity index (χ0) is 10.1. The fraction of sp³-hybridized carbons (Fsp3) is 0. The van der Waals surface area contributed by atoms with E-state index in [-0.39, 0.29) is 24.0 Å². The van der Waals surface area contributed by atoms with Gasteiger partial charge in [-0.2, -0.15) is 0 Å². The normalized spacial score (nSPS) is 10.0. The van der Waals surface area contributed by atoms with E-state index in [1.165, 1.54) is 0 Å². The number of pyridine rings is 1. The Morgan fingerprint density at radius 2 is 1.62 bits per heavy atom. The zero-order valence-electron chi connectivity index (χ0n) is 8.55. The molecule has 0 aliphatic carbocycles. The van der Waals surface area contributed by atoms with E-state index in [2.05, 4.69) is 17.1 Å². The van der Waals surface area contributed by atoms with Crippen LogP contribution < -0.4 is 24.0 Å². The van der Waals surface area contributed by atoms with Crippen LogP contribution in [-0.2, 0) is 0 Å². The molecule has 2 nitrogen and oxygen atoms in total. The Hall–Kier alpha value is -1.36. The van der Waals surface area contributed by atoms with Crippen LogP contribution in [0.2, 0.25) is 0 Å². The summed E-state index contributed by atoms with van der Waals surface area (Å²) in [6.07, 6.45) is 4.06. The van der Waals surface area contributed by atoms with Crippen LogP contribution in [0.5, 0.6) is 0 Å². The fourth-order valence-corrected chi connectivity index (χ4v) is 1.68. The summed E-state index contributed by atoms with van der Waals surface area (Å²) < 4.78 is 2.03. The highest BCUT2D eigenvalue weighted by molar-refractivity contribution is 5.62. The van der Waals surface area contributed by atoms with Gasteiger partial charge in [-0.25, -0.2) is 4.98 Å². The molecule has 0 amide bonds. The van der Waals surface area contributed by atoms with Crippen LogP contribution in [0, 0.1) is 0 Å². The molecule has 3 aromatic rings. The average molecular weight is 321 g/mol. The number of nitrogens with zero attached hydrogens (tertiary/aromatic N) is 2. The first-order valence-corrected chi connectivity index (χ1v) is 4.93. The van der Waals surface area contributed by atoms with Crippen molar-refractivity contribution in [2.75, 3.05) is 0 Å². The van der Waals surface area contributed by atoms with Crippen LogP contribution >= 0.6 is 0 Å². The minimum Gasteiger partial charge on any atom is -1.00 e. The van der Waals surface area contributed by atoms with E-state index in [0.717, 1.165) is 16.9 Å². The molecule has 0 saturated heterocycles. The number of hydrogen-bond acceptors (Lipinski definition) is 1. The number of hydrogen-bond donors (Lipinski definition) is 0. The van der Waals surface area contributed by atoms with Crippen LogP contribution in [0.25, 0.3) is 16.9 Å². The van der Waals surface area contributed by atoms with Crippen molar-refractivity contribution >= 4 is 5.65 Å². The van der Waals surface area contributed by atoms with Crippen molar-refractivity contribution in [3.8, 4) is 11.3 Å². The molecular formula is C13H10IN2-. The summed E-state index contributed by atoms with van der Waals surface area (Å²) in [5, 5.41) is 0. The lowest BCUT2D eigenvalue weighted by Gasteiger charge is -1.92. The number of rotatable bonds is 1. The number of fused-ring (bicyclic) bond motifs is 1. The van der Waals surface area contributed by atoms with Gasteiger partial charge in [0, 0.05) is 18.0 Å². The second-order valence-electron chi connectivity index (χ2n) is 3.46. The van der Waals surface area contributed by atoms with Gasteiger partial charge in [0.15, 0.2) is 0 Å². The lowest BCUT2D eigenvalue weighted by atomic mass is 10.2. The van der Waals surface area contributed by atoms with Crippen molar-refractivity contribution in [1.29, 1.82) is 0 Å². The first-order chi connectivity index (χ1) is 7.43. The third-order valence-electron chi connectivity index (χ3n) is 2.43. The number of aromatic nitrogens is 2. The molecule has 1 aromatic carbocycles. The molecular weight excluding hydrogens is 311 g/mol. The molecule has 0 atom stereocenters. The lowest BCUT2D eigenvalue weighted by Crippen LogP contribution is -3.00. The smallest absolute Gasteiger partial charge is 0.137 e. The van der Waals surface area contributed by atoms with Gasteiger partial charge in [-0.1, -0.05) is 36.4 Å². The molecule has 80 valence electrons. The standard InChI is InChI=1S/C13H10N2.HI/c1-2-6-11(7-3-1)12-10-15-9-5-4-8-13(15)14-12;/h1-10H;1H/p-1. The molecule has 0 saturated carbocycles. The van der Waals surface area contributed by atoms with Gasteiger partial charge in [0.05, 0.1) is 5.69 Å². The van der Waals surface area contributed by atoms with Crippen LogP contribution in [0.1, 0.15) is 0 Å². The Morgan fingerprint density at radius 3 is 2.38 bits per heavy atom. The third kappa shape index (κ3) is 1.95. The Balaban J connectivity index is 0.000000963. The van der Waals surface area contributed by atoms with Crippen molar-refractivity contribution in [2.24, 2.45) is 0 Å². The van der Waals surface area contributed by atoms with Crippen molar-refractivity contribution in [2.45, 2.75) is 0 Å². The molecule has 2 aromatic heterocycles. The molecule has 0 aliphatic heterocycles. The van der Waals surface area contributed by atoms with E-state index < -0.39 is 0 Å². The largest absolute Gasteiger partial charge is 1.00 e. The Kier molecular flexibility index (Phi) is 3.24. The number of halogens is 1. The molecule has 0 N–H and O–H groups in total. The maximum absolute atomic E-state index is 4.55. The van der Waals surface area contributed by atoms with Crippen LogP contribution in [-0.4, -0.2) is 9.38 Å². The summed E-state index contributed by atoms with van der Waals surface area (Å²) in [5.74, 6) is 0.